The molecule has 1 saturated carbocycles. The summed E-state index contributed by atoms with van der Waals surface area (Å²) in [5.41, 5.74) is 0.0134. The second-order valence-corrected chi connectivity index (χ2v) is 9.98. The lowest BCUT2D eigenvalue weighted by Gasteiger charge is -2.26. The number of esters is 3. The molecular formula is C28H35IO10. The molecule has 214 valence electrons. The number of carbonyl (C=O) groups is 3. The molecule has 0 saturated heterocycles. The fourth-order valence-corrected chi connectivity index (χ4v) is 4.06. The summed E-state index contributed by atoms with van der Waals surface area (Å²) in [6.45, 7) is 13.9. The van der Waals surface area contributed by atoms with Gasteiger partial charge >= 0.3 is 17.9 Å². The second-order valence-electron chi connectivity index (χ2n) is 8.82. The average molecular weight is 658 g/mol. The topological polar surface area (TPSA) is 116 Å². The molecule has 1 aromatic rings. The first-order valence-electron chi connectivity index (χ1n) is 12.4. The zero-order valence-electron chi connectivity index (χ0n) is 22.4. The Hall–Kier alpha value is -2.90. The van der Waals surface area contributed by atoms with Crippen LogP contribution in [-0.2, 0) is 33.3 Å². The highest BCUT2D eigenvalue weighted by atomic mass is 127. The van der Waals surface area contributed by atoms with Gasteiger partial charge in [0, 0.05) is 11.1 Å². The zero-order chi connectivity index (χ0) is 28.8. The number of hydrogen-bond acceptors (Lipinski definition) is 10. The van der Waals surface area contributed by atoms with E-state index in [0.29, 0.717) is 27.9 Å². The van der Waals surface area contributed by atoms with Crippen LogP contribution >= 0.6 is 22.6 Å². The van der Waals surface area contributed by atoms with E-state index in [0.717, 1.165) is 12.8 Å². The molecule has 0 bridgehead atoms. The van der Waals surface area contributed by atoms with Gasteiger partial charge in [-0.2, -0.15) is 0 Å². The highest BCUT2D eigenvalue weighted by Crippen LogP contribution is 2.37. The molecule has 0 aromatic heterocycles. The third-order valence-corrected chi connectivity index (χ3v) is 6.43. The van der Waals surface area contributed by atoms with Crippen molar-refractivity contribution < 1.29 is 47.5 Å². The molecule has 0 aliphatic heterocycles. The van der Waals surface area contributed by atoms with Crippen LogP contribution in [0.4, 0.5) is 0 Å². The maximum atomic E-state index is 13.3. The molecule has 0 N–H and O–H groups in total. The Bertz CT molecular complexity index is 1060. The van der Waals surface area contributed by atoms with Crippen LogP contribution in [0.15, 0.2) is 49.1 Å². The number of rotatable bonds is 17. The summed E-state index contributed by atoms with van der Waals surface area (Å²) in [6.07, 6.45) is 4.98. The van der Waals surface area contributed by atoms with Gasteiger partial charge in [0.1, 0.15) is 35.9 Å². The van der Waals surface area contributed by atoms with Crippen LogP contribution in [0.2, 0.25) is 0 Å². The Kier molecular flexibility index (Phi) is 13.5. The summed E-state index contributed by atoms with van der Waals surface area (Å²) in [5, 5.41) is 0. The van der Waals surface area contributed by atoms with E-state index in [9.17, 15) is 14.4 Å². The molecule has 1 aliphatic rings. The van der Waals surface area contributed by atoms with Crippen molar-refractivity contribution in [3.63, 3.8) is 0 Å². The Balaban J connectivity index is 2.03. The van der Waals surface area contributed by atoms with Gasteiger partial charge in [0.2, 0.25) is 0 Å². The minimum atomic E-state index is -0.719. The van der Waals surface area contributed by atoms with E-state index in [1.54, 1.807) is 25.1 Å². The molecule has 2 rings (SSSR count). The van der Waals surface area contributed by atoms with E-state index in [1.807, 2.05) is 0 Å². The average Bonchev–Trinajstić information content (AvgIpc) is 3.37. The molecule has 1 fully saturated rings. The van der Waals surface area contributed by atoms with E-state index in [1.165, 1.54) is 6.92 Å². The van der Waals surface area contributed by atoms with Gasteiger partial charge in [-0.1, -0.05) is 19.7 Å². The highest BCUT2D eigenvalue weighted by Gasteiger charge is 2.36. The summed E-state index contributed by atoms with van der Waals surface area (Å²) < 4.78 is 38.5. The standard InChI is InChI=1S/C28H35IO10/c1-6-28(9-7-8-10-28)39-27(32)21-15-24(36-14-12-34-18-38-26(31)20(4)5)22(29)16-23(21)35-13-11-33-17-37-25(30)19(2)3/h6,15-16H,1-2,4,7-14,17-18H2,3,5H3. The van der Waals surface area contributed by atoms with Gasteiger partial charge in [0.25, 0.3) is 0 Å². The van der Waals surface area contributed by atoms with Crippen LogP contribution in [-0.4, -0.2) is 63.5 Å². The van der Waals surface area contributed by atoms with Crippen LogP contribution in [0.25, 0.3) is 0 Å². The summed E-state index contributed by atoms with van der Waals surface area (Å²) in [5.74, 6) is -0.930. The molecule has 0 atom stereocenters. The molecule has 11 heteroatoms. The predicted molar refractivity (Wildman–Crippen MR) is 150 cm³/mol. The van der Waals surface area contributed by atoms with E-state index < -0.39 is 23.5 Å². The van der Waals surface area contributed by atoms with Crippen LogP contribution in [0.5, 0.6) is 11.5 Å². The van der Waals surface area contributed by atoms with Gasteiger partial charge in [-0.3, -0.25) is 0 Å². The number of carbonyl (C=O) groups excluding carboxylic acids is 3. The lowest BCUT2D eigenvalue weighted by atomic mass is 10.0. The van der Waals surface area contributed by atoms with E-state index in [4.69, 9.17) is 33.2 Å². The van der Waals surface area contributed by atoms with Crippen LogP contribution in [0, 0.1) is 3.57 Å². The second kappa shape index (κ2) is 16.3. The van der Waals surface area contributed by atoms with E-state index >= 15 is 0 Å². The molecule has 10 nitrogen and oxygen atoms in total. The maximum Gasteiger partial charge on any atom is 0.342 e. The summed E-state index contributed by atoms with van der Waals surface area (Å²) in [7, 11) is 0. The summed E-state index contributed by atoms with van der Waals surface area (Å²) >= 11 is 2.07. The van der Waals surface area contributed by atoms with Crippen LogP contribution in [0.3, 0.4) is 0 Å². The normalized spacial score (nSPS) is 13.7. The van der Waals surface area contributed by atoms with Gasteiger partial charge in [-0.15, -0.1) is 0 Å². The summed E-state index contributed by atoms with van der Waals surface area (Å²) in [6, 6.07) is 3.22. The molecule has 0 heterocycles. The van der Waals surface area contributed by atoms with Gasteiger partial charge in [0.05, 0.1) is 16.8 Å². The fourth-order valence-electron chi connectivity index (χ4n) is 3.46. The predicted octanol–water partition coefficient (Wildman–Crippen LogP) is 4.89. The van der Waals surface area contributed by atoms with Crippen molar-refractivity contribution >= 4 is 40.5 Å². The van der Waals surface area contributed by atoms with E-state index in [2.05, 4.69) is 42.3 Å². The first-order valence-corrected chi connectivity index (χ1v) is 13.4. The van der Waals surface area contributed by atoms with Crippen molar-refractivity contribution in [2.75, 3.05) is 40.0 Å². The number of ether oxygens (including phenoxy) is 7. The quantitative estimate of drug-likeness (QED) is 0.0436. The Labute approximate surface area is 242 Å². The molecular weight excluding hydrogens is 623 g/mol. The number of hydrogen-bond donors (Lipinski definition) is 0. The zero-order valence-corrected chi connectivity index (χ0v) is 24.5. The van der Waals surface area contributed by atoms with Gasteiger partial charge in [0.15, 0.2) is 13.6 Å². The third-order valence-electron chi connectivity index (χ3n) is 5.59. The lowest BCUT2D eigenvalue weighted by molar-refractivity contribution is -0.152. The first-order chi connectivity index (χ1) is 18.6. The summed E-state index contributed by atoms with van der Waals surface area (Å²) in [4.78, 5) is 36.1. The Morgan fingerprint density at radius 1 is 0.872 bits per heavy atom. The number of benzene rings is 1. The fraction of sp³-hybridized carbons (Fsp3) is 0.464. The van der Waals surface area contributed by atoms with Crippen molar-refractivity contribution in [2.24, 2.45) is 0 Å². The molecule has 39 heavy (non-hydrogen) atoms. The first kappa shape index (κ1) is 32.3. The highest BCUT2D eigenvalue weighted by molar-refractivity contribution is 14.1. The molecule has 0 radical (unpaired) electrons. The molecule has 1 aromatic carbocycles. The van der Waals surface area contributed by atoms with Crippen molar-refractivity contribution in [3.8, 4) is 11.5 Å². The SMILES string of the molecule is C=CC1(OC(=O)c2cc(OCCOCOC(=O)C(=C)C)c(I)cc2OCCOCOC(=O)C(=C)C)CCCC1. The largest absolute Gasteiger partial charge is 0.490 e. The lowest BCUT2D eigenvalue weighted by Crippen LogP contribution is -2.29. The van der Waals surface area contributed by atoms with E-state index in [-0.39, 0.29) is 56.7 Å². The Morgan fingerprint density at radius 3 is 1.87 bits per heavy atom. The van der Waals surface area contributed by atoms with Crippen LogP contribution < -0.4 is 9.47 Å². The molecule has 0 spiro atoms. The smallest absolute Gasteiger partial charge is 0.342 e. The van der Waals surface area contributed by atoms with Crippen molar-refractivity contribution in [1.29, 1.82) is 0 Å². The van der Waals surface area contributed by atoms with Crippen molar-refractivity contribution in [2.45, 2.75) is 45.1 Å². The molecule has 1 aliphatic carbocycles. The van der Waals surface area contributed by atoms with Crippen LogP contribution in [0.1, 0.15) is 49.9 Å². The minimum Gasteiger partial charge on any atom is -0.490 e. The third kappa shape index (κ3) is 10.6. The monoisotopic (exact) mass is 658 g/mol. The minimum absolute atomic E-state index is 0.0878. The van der Waals surface area contributed by atoms with Gasteiger partial charge in [-0.25, -0.2) is 14.4 Å². The van der Waals surface area contributed by atoms with Gasteiger partial charge in [-0.05, 0) is 80.3 Å². The number of halogens is 1. The molecule has 0 unspecified atom stereocenters. The molecule has 0 amide bonds. The maximum absolute atomic E-state index is 13.3. The van der Waals surface area contributed by atoms with Crippen molar-refractivity contribution in [3.05, 3.63) is 58.2 Å². The van der Waals surface area contributed by atoms with Gasteiger partial charge < -0.3 is 33.2 Å². The Morgan fingerprint density at radius 2 is 1.38 bits per heavy atom. The van der Waals surface area contributed by atoms with Crippen molar-refractivity contribution in [1.82, 2.24) is 0 Å².